The number of hydrogen-bond acceptors (Lipinski definition) is 6. The molecular weight excluding hydrogens is 258 g/mol. The van der Waals surface area contributed by atoms with E-state index in [2.05, 4.69) is 20.8 Å². The van der Waals surface area contributed by atoms with Crippen LogP contribution in [0.15, 0.2) is 29.0 Å². The maximum absolute atomic E-state index is 11.8. The van der Waals surface area contributed by atoms with Crippen molar-refractivity contribution in [1.29, 1.82) is 0 Å². The molecule has 0 unspecified atom stereocenters. The lowest BCUT2D eigenvalue weighted by Gasteiger charge is -2.10. The van der Waals surface area contributed by atoms with Crippen LogP contribution in [0.5, 0.6) is 0 Å². The molecule has 7 nitrogen and oxygen atoms in total. The van der Waals surface area contributed by atoms with Crippen LogP contribution in [0, 0.1) is 0 Å². The van der Waals surface area contributed by atoms with Crippen LogP contribution in [0.25, 0.3) is 0 Å². The van der Waals surface area contributed by atoms with E-state index in [1.807, 2.05) is 6.92 Å². The van der Waals surface area contributed by atoms with Crippen LogP contribution in [0.2, 0.25) is 0 Å². The van der Waals surface area contributed by atoms with Crippen molar-refractivity contribution >= 4 is 17.3 Å². The number of aromatic nitrogens is 2. The van der Waals surface area contributed by atoms with Crippen LogP contribution in [-0.4, -0.2) is 29.1 Å². The van der Waals surface area contributed by atoms with Crippen LogP contribution in [0.1, 0.15) is 23.2 Å². The first-order valence-electron chi connectivity index (χ1n) is 6.38. The largest absolute Gasteiger partial charge is 0.397 e. The summed E-state index contributed by atoms with van der Waals surface area (Å²) in [6, 6.07) is 5.14. The number of amides is 1. The Hall–Kier alpha value is -2.57. The van der Waals surface area contributed by atoms with Gasteiger partial charge in [-0.05, 0) is 25.1 Å². The van der Waals surface area contributed by atoms with Gasteiger partial charge >= 0.3 is 0 Å². The zero-order valence-electron chi connectivity index (χ0n) is 11.2. The Morgan fingerprint density at radius 2 is 2.30 bits per heavy atom. The van der Waals surface area contributed by atoms with E-state index in [1.54, 1.807) is 18.2 Å². The maximum atomic E-state index is 11.8. The van der Waals surface area contributed by atoms with E-state index in [4.69, 9.17) is 10.3 Å². The second-order valence-corrected chi connectivity index (χ2v) is 4.17. The molecular formula is C13H17N5O2. The summed E-state index contributed by atoms with van der Waals surface area (Å²) in [7, 11) is 0. The summed E-state index contributed by atoms with van der Waals surface area (Å²) < 4.78 is 4.90. The van der Waals surface area contributed by atoms with Gasteiger partial charge in [0.2, 0.25) is 5.89 Å². The topological polar surface area (TPSA) is 106 Å². The molecule has 2 rings (SSSR count). The average molecular weight is 275 g/mol. The molecule has 7 heteroatoms. The number of nitrogens with zero attached hydrogens (tertiary/aromatic N) is 2. The van der Waals surface area contributed by atoms with Crippen molar-refractivity contribution in [2.45, 2.75) is 13.3 Å². The number of nitrogen functional groups attached to an aromatic ring is 1. The molecule has 0 fully saturated rings. The van der Waals surface area contributed by atoms with Crippen LogP contribution >= 0.6 is 0 Å². The monoisotopic (exact) mass is 275 g/mol. The molecule has 1 amide bonds. The second-order valence-electron chi connectivity index (χ2n) is 4.17. The van der Waals surface area contributed by atoms with Gasteiger partial charge in [0, 0.05) is 25.1 Å². The number of hydrogen-bond donors (Lipinski definition) is 3. The third-order valence-corrected chi connectivity index (χ3v) is 2.71. The third kappa shape index (κ3) is 3.47. The van der Waals surface area contributed by atoms with E-state index in [0.29, 0.717) is 42.3 Å². The molecule has 0 aliphatic heterocycles. The lowest BCUT2D eigenvalue weighted by atomic mass is 10.1. The SMILES string of the molecule is CCNC(=O)c1ccc(N)c(NCCc2ncno2)c1. The molecule has 4 N–H and O–H groups in total. The molecule has 0 bridgehead atoms. The fourth-order valence-electron chi connectivity index (χ4n) is 1.72. The highest BCUT2D eigenvalue weighted by atomic mass is 16.5. The van der Waals surface area contributed by atoms with Gasteiger partial charge < -0.3 is 20.9 Å². The standard InChI is InChI=1S/C13H17N5O2/c1-2-15-13(19)9-3-4-10(14)11(7-9)16-6-5-12-17-8-18-20-12/h3-4,7-8,16H,2,5-6,14H2,1H3,(H,15,19). The van der Waals surface area contributed by atoms with Crippen molar-refractivity contribution < 1.29 is 9.32 Å². The molecule has 106 valence electrons. The lowest BCUT2D eigenvalue weighted by Crippen LogP contribution is -2.22. The Kier molecular flexibility index (Phi) is 4.54. The Bertz CT molecular complexity index is 568. The minimum Gasteiger partial charge on any atom is -0.397 e. The van der Waals surface area contributed by atoms with Gasteiger partial charge in [0.25, 0.3) is 5.91 Å². The number of carbonyl (C=O) groups is 1. The smallest absolute Gasteiger partial charge is 0.251 e. The minimum atomic E-state index is -0.118. The summed E-state index contributed by atoms with van der Waals surface area (Å²) in [5, 5.41) is 9.43. The molecule has 0 radical (unpaired) electrons. The second kappa shape index (κ2) is 6.55. The lowest BCUT2D eigenvalue weighted by molar-refractivity contribution is 0.0956. The summed E-state index contributed by atoms with van der Waals surface area (Å²) >= 11 is 0. The Balaban J connectivity index is 1.99. The Morgan fingerprint density at radius 1 is 1.45 bits per heavy atom. The molecule has 2 aromatic rings. The first-order chi connectivity index (χ1) is 9.70. The highest BCUT2D eigenvalue weighted by molar-refractivity contribution is 5.96. The normalized spacial score (nSPS) is 10.2. The molecule has 0 aliphatic carbocycles. The molecule has 0 saturated carbocycles. The van der Waals surface area contributed by atoms with Gasteiger partial charge in [-0.3, -0.25) is 4.79 Å². The van der Waals surface area contributed by atoms with Crippen molar-refractivity contribution in [3.05, 3.63) is 36.0 Å². The molecule has 1 aromatic carbocycles. The van der Waals surface area contributed by atoms with Gasteiger partial charge in [0.1, 0.15) is 0 Å². The van der Waals surface area contributed by atoms with Crippen molar-refractivity contribution in [3.8, 4) is 0 Å². The molecule has 0 aliphatic rings. The zero-order valence-corrected chi connectivity index (χ0v) is 11.2. The maximum Gasteiger partial charge on any atom is 0.251 e. The summed E-state index contributed by atoms with van der Waals surface area (Å²) in [6.07, 6.45) is 1.95. The fourth-order valence-corrected chi connectivity index (χ4v) is 1.72. The Morgan fingerprint density at radius 3 is 3.00 bits per heavy atom. The highest BCUT2D eigenvalue weighted by Gasteiger charge is 2.07. The molecule has 0 spiro atoms. The van der Waals surface area contributed by atoms with Crippen LogP contribution in [0.3, 0.4) is 0 Å². The van der Waals surface area contributed by atoms with Crippen molar-refractivity contribution in [2.75, 3.05) is 24.1 Å². The number of benzene rings is 1. The molecule has 1 heterocycles. The number of rotatable bonds is 6. The molecule has 0 saturated heterocycles. The van der Waals surface area contributed by atoms with E-state index in [1.165, 1.54) is 6.33 Å². The van der Waals surface area contributed by atoms with E-state index < -0.39 is 0 Å². The van der Waals surface area contributed by atoms with Crippen molar-refractivity contribution in [1.82, 2.24) is 15.5 Å². The Labute approximate surface area is 116 Å². The van der Waals surface area contributed by atoms with Gasteiger partial charge in [-0.2, -0.15) is 4.98 Å². The predicted octanol–water partition coefficient (Wildman–Crippen LogP) is 1.06. The summed E-state index contributed by atoms with van der Waals surface area (Å²) in [5.74, 6) is 0.434. The predicted molar refractivity (Wildman–Crippen MR) is 75.4 cm³/mol. The van der Waals surface area contributed by atoms with Gasteiger partial charge in [0.15, 0.2) is 6.33 Å². The number of nitrogens with one attached hydrogen (secondary N) is 2. The van der Waals surface area contributed by atoms with Crippen LogP contribution in [0.4, 0.5) is 11.4 Å². The highest BCUT2D eigenvalue weighted by Crippen LogP contribution is 2.20. The van der Waals surface area contributed by atoms with E-state index in [9.17, 15) is 4.79 Å². The molecule has 0 atom stereocenters. The van der Waals surface area contributed by atoms with Crippen LogP contribution in [-0.2, 0) is 6.42 Å². The van der Waals surface area contributed by atoms with E-state index in [-0.39, 0.29) is 5.91 Å². The molecule has 1 aromatic heterocycles. The van der Waals surface area contributed by atoms with Gasteiger partial charge in [0.05, 0.1) is 11.4 Å². The number of nitrogens with two attached hydrogens (primary N) is 1. The van der Waals surface area contributed by atoms with Crippen molar-refractivity contribution in [3.63, 3.8) is 0 Å². The van der Waals surface area contributed by atoms with Gasteiger partial charge in [-0.25, -0.2) is 0 Å². The quantitative estimate of drug-likeness (QED) is 0.680. The van der Waals surface area contributed by atoms with Crippen molar-refractivity contribution in [2.24, 2.45) is 0 Å². The fraction of sp³-hybridized carbons (Fsp3) is 0.308. The van der Waals surface area contributed by atoms with E-state index >= 15 is 0 Å². The third-order valence-electron chi connectivity index (χ3n) is 2.71. The summed E-state index contributed by atoms with van der Waals surface area (Å²) in [6.45, 7) is 3.05. The minimum absolute atomic E-state index is 0.118. The molecule has 20 heavy (non-hydrogen) atoms. The average Bonchev–Trinajstić information content (AvgIpc) is 2.94. The first-order valence-corrected chi connectivity index (χ1v) is 6.38. The zero-order chi connectivity index (χ0) is 14.4. The summed E-state index contributed by atoms with van der Waals surface area (Å²) in [5.41, 5.74) is 7.75. The number of carbonyl (C=O) groups excluding carboxylic acids is 1. The van der Waals surface area contributed by atoms with Gasteiger partial charge in [-0.1, -0.05) is 5.16 Å². The van der Waals surface area contributed by atoms with Gasteiger partial charge in [-0.15, -0.1) is 0 Å². The summed E-state index contributed by atoms with van der Waals surface area (Å²) in [4.78, 5) is 15.7. The first kappa shape index (κ1) is 13.9. The van der Waals surface area contributed by atoms with E-state index in [0.717, 1.165) is 0 Å². The number of anilines is 2. The van der Waals surface area contributed by atoms with Crippen LogP contribution < -0.4 is 16.4 Å².